The zero-order valence-corrected chi connectivity index (χ0v) is 13.4. The van der Waals surface area contributed by atoms with Crippen LogP contribution >= 0.6 is 34.8 Å². The highest BCUT2D eigenvalue weighted by Gasteiger charge is 2.45. The summed E-state index contributed by atoms with van der Waals surface area (Å²) in [5.41, 5.74) is 0. The first-order valence-electron chi connectivity index (χ1n) is 5.88. The SMILES string of the molecule is CCOc1ccccc1OC(NC(=O)C(F)(F)F)C(Cl)(Cl)Cl. The third-order valence-electron chi connectivity index (χ3n) is 2.21. The van der Waals surface area contributed by atoms with Crippen LogP contribution in [0.5, 0.6) is 11.5 Å². The summed E-state index contributed by atoms with van der Waals surface area (Å²) < 4.78 is 45.0. The van der Waals surface area contributed by atoms with Crippen molar-refractivity contribution in [2.24, 2.45) is 0 Å². The summed E-state index contributed by atoms with van der Waals surface area (Å²) in [6.07, 6.45) is -7.01. The molecule has 10 heteroatoms. The van der Waals surface area contributed by atoms with Gasteiger partial charge in [0.05, 0.1) is 6.61 Å². The summed E-state index contributed by atoms with van der Waals surface area (Å²) in [4.78, 5) is 11.0. The molecule has 0 heterocycles. The van der Waals surface area contributed by atoms with E-state index in [2.05, 4.69) is 0 Å². The minimum Gasteiger partial charge on any atom is -0.490 e. The van der Waals surface area contributed by atoms with Gasteiger partial charge in [0, 0.05) is 0 Å². The summed E-state index contributed by atoms with van der Waals surface area (Å²) >= 11 is 16.7. The van der Waals surface area contributed by atoms with Crippen LogP contribution in [0.2, 0.25) is 0 Å². The van der Waals surface area contributed by atoms with E-state index in [1.807, 2.05) is 0 Å². The van der Waals surface area contributed by atoms with E-state index < -0.39 is 22.1 Å². The Morgan fingerprint density at radius 2 is 1.77 bits per heavy atom. The maximum atomic E-state index is 12.3. The van der Waals surface area contributed by atoms with Crippen LogP contribution in [0.4, 0.5) is 13.2 Å². The van der Waals surface area contributed by atoms with Gasteiger partial charge in [-0.25, -0.2) is 0 Å². The zero-order valence-electron chi connectivity index (χ0n) is 11.1. The smallest absolute Gasteiger partial charge is 0.471 e. The average molecular weight is 381 g/mol. The summed E-state index contributed by atoms with van der Waals surface area (Å²) in [5.74, 6) is -2.05. The monoisotopic (exact) mass is 379 g/mol. The molecule has 0 aliphatic heterocycles. The van der Waals surface area contributed by atoms with Crippen molar-refractivity contribution in [3.8, 4) is 11.5 Å². The molecule has 0 saturated carbocycles. The molecule has 0 aliphatic rings. The van der Waals surface area contributed by atoms with Crippen LogP contribution in [-0.2, 0) is 4.79 Å². The number of benzene rings is 1. The molecule has 0 bridgehead atoms. The number of halogens is 6. The van der Waals surface area contributed by atoms with Gasteiger partial charge in [0.1, 0.15) is 0 Å². The second-order valence-corrected chi connectivity index (χ2v) is 6.26. The van der Waals surface area contributed by atoms with Crippen LogP contribution < -0.4 is 14.8 Å². The lowest BCUT2D eigenvalue weighted by Crippen LogP contribution is -2.52. The molecule has 1 rings (SSSR count). The first-order valence-corrected chi connectivity index (χ1v) is 7.02. The second-order valence-electron chi connectivity index (χ2n) is 3.89. The largest absolute Gasteiger partial charge is 0.490 e. The molecule has 0 fully saturated rings. The van der Waals surface area contributed by atoms with Gasteiger partial charge in [-0.3, -0.25) is 4.79 Å². The highest BCUT2D eigenvalue weighted by Crippen LogP contribution is 2.35. The predicted octanol–water partition coefficient (Wildman–Crippen LogP) is 3.84. The van der Waals surface area contributed by atoms with Crippen molar-refractivity contribution in [3.63, 3.8) is 0 Å². The average Bonchev–Trinajstić information content (AvgIpc) is 2.38. The molecule has 0 spiro atoms. The van der Waals surface area contributed by atoms with Crippen molar-refractivity contribution in [2.75, 3.05) is 6.61 Å². The number of carbonyl (C=O) groups excluding carboxylic acids is 1. The lowest BCUT2D eigenvalue weighted by atomic mass is 10.3. The number of ether oxygens (including phenoxy) is 2. The molecule has 0 aliphatic carbocycles. The predicted molar refractivity (Wildman–Crippen MR) is 76.5 cm³/mol. The molecule has 0 saturated heterocycles. The Morgan fingerprint density at radius 3 is 2.23 bits per heavy atom. The molecule has 0 aromatic heterocycles. The number of carbonyl (C=O) groups is 1. The van der Waals surface area contributed by atoms with Crippen molar-refractivity contribution >= 4 is 40.7 Å². The maximum Gasteiger partial charge on any atom is 0.471 e. The van der Waals surface area contributed by atoms with Gasteiger partial charge < -0.3 is 14.8 Å². The van der Waals surface area contributed by atoms with Gasteiger partial charge >= 0.3 is 12.1 Å². The van der Waals surface area contributed by atoms with Crippen molar-refractivity contribution in [2.45, 2.75) is 23.1 Å². The van der Waals surface area contributed by atoms with E-state index in [4.69, 9.17) is 44.3 Å². The summed E-state index contributed by atoms with van der Waals surface area (Å²) in [6.45, 7) is 1.99. The third-order valence-corrected chi connectivity index (χ3v) is 2.81. The van der Waals surface area contributed by atoms with Crippen LogP contribution in [0.25, 0.3) is 0 Å². The molecule has 1 atom stereocenters. The van der Waals surface area contributed by atoms with Crippen LogP contribution in [0.1, 0.15) is 6.92 Å². The number of para-hydroxylation sites is 2. The summed E-state index contributed by atoms with van der Waals surface area (Å²) in [7, 11) is 0. The van der Waals surface area contributed by atoms with Gasteiger partial charge in [0.15, 0.2) is 11.5 Å². The number of hydrogen-bond donors (Lipinski definition) is 1. The van der Waals surface area contributed by atoms with Crippen LogP contribution in [0.3, 0.4) is 0 Å². The van der Waals surface area contributed by atoms with E-state index in [1.165, 1.54) is 17.4 Å². The summed E-state index contributed by atoms with van der Waals surface area (Å²) in [6, 6.07) is 6.07. The molecule has 1 aromatic rings. The van der Waals surface area contributed by atoms with Gasteiger partial charge in [0.2, 0.25) is 10.0 Å². The summed E-state index contributed by atoms with van der Waals surface area (Å²) in [5, 5.41) is 1.48. The van der Waals surface area contributed by atoms with E-state index in [0.29, 0.717) is 0 Å². The quantitative estimate of drug-likeness (QED) is 0.624. The highest BCUT2D eigenvalue weighted by atomic mass is 35.6. The number of rotatable bonds is 5. The second kappa shape index (κ2) is 7.48. The van der Waals surface area contributed by atoms with Crippen molar-refractivity contribution in [1.82, 2.24) is 5.32 Å². The molecule has 1 unspecified atom stereocenters. The molecule has 1 aromatic carbocycles. The maximum absolute atomic E-state index is 12.3. The van der Waals surface area contributed by atoms with E-state index in [-0.39, 0.29) is 18.1 Å². The Balaban J connectivity index is 2.98. The zero-order chi connectivity index (χ0) is 17.0. The Labute approximate surface area is 139 Å². The molecule has 4 nitrogen and oxygen atoms in total. The standard InChI is InChI=1S/C12H11Cl3F3NO3/c1-2-21-7-5-3-4-6-8(7)22-10(11(13,14)15)19-9(20)12(16,17)18/h3-6,10H,2H2,1H3,(H,19,20). The molecular weight excluding hydrogens is 369 g/mol. The lowest BCUT2D eigenvalue weighted by molar-refractivity contribution is -0.176. The molecule has 124 valence electrons. The highest BCUT2D eigenvalue weighted by molar-refractivity contribution is 6.68. The fraction of sp³-hybridized carbons (Fsp3) is 0.417. The van der Waals surface area contributed by atoms with Crippen LogP contribution in [0, 0.1) is 0 Å². The van der Waals surface area contributed by atoms with Gasteiger partial charge in [-0.1, -0.05) is 46.9 Å². The van der Waals surface area contributed by atoms with Gasteiger partial charge in [-0.2, -0.15) is 13.2 Å². The van der Waals surface area contributed by atoms with E-state index in [9.17, 15) is 18.0 Å². The normalized spacial score (nSPS) is 13.4. The van der Waals surface area contributed by atoms with Crippen LogP contribution in [-0.4, -0.2) is 28.7 Å². The number of amides is 1. The van der Waals surface area contributed by atoms with E-state index in [0.717, 1.165) is 0 Å². The van der Waals surface area contributed by atoms with Gasteiger partial charge in [0.25, 0.3) is 0 Å². The molecular formula is C12H11Cl3F3NO3. The Hall–Kier alpha value is -1.05. The third kappa shape index (κ3) is 5.62. The van der Waals surface area contributed by atoms with Crippen molar-refractivity contribution < 1.29 is 27.4 Å². The Morgan fingerprint density at radius 1 is 1.23 bits per heavy atom. The fourth-order valence-corrected chi connectivity index (χ4v) is 1.63. The minimum atomic E-state index is -5.14. The first-order chi connectivity index (χ1) is 10.1. The number of hydrogen-bond acceptors (Lipinski definition) is 3. The molecule has 1 N–H and O–H groups in total. The number of nitrogens with one attached hydrogen (secondary N) is 1. The fourth-order valence-electron chi connectivity index (χ4n) is 1.33. The van der Waals surface area contributed by atoms with Crippen molar-refractivity contribution in [3.05, 3.63) is 24.3 Å². The van der Waals surface area contributed by atoms with Crippen molar-refractivity contribution in [1.29, 1.82) is 0 Å². The Bertz CT molecular complexity index is 520. The topological polar surface area (TPSA) is 47.6 Å². The molecule has 1 amide bonds. The van der Waals surface area contributed by atoms with E-state index >= 15 is 0 Å². The van der Waals surface area contributed by atoms with E-state index in [1.54, 1.807) is 19.1 Å². The van der Waals surface area contributed by atoms with Gasteiger partial charge in [-0.15, -0.1) is 0 Å². The number of alkyl halides is 6. The Kier molecular flexibility index (Phi) is 6.46. The molecule has 22 heavy (non-hydrogen) atoms. The van der Waals surface area contributed by atoms with Crippen LogP contribution in [0.15, 0.2) is 24.3 Å². The van der Waals surface area contributed by atoms with Gasteiger partial charge in [-0.05, 0) is 19.1 Å². The first kappa shape index (κ1) is 19.0. The minimum absolute atomic E-state index is 0.0168. The lowest BCUT2D eigenvalue weighted by Gasteiger charge is -2.27. The molecule has 0 radical (unpaired) electrons.